The Balaban J connectivity index is 1.24. The second-order valence-electron chi connectivity index (χ2n) is 11.2. The van der Waals surface area contributed by atoms with Gasteiger partial charge in [0.1, 0.15) is 41.0 Å². The van der Waals surface area contributed by atoms with E-state index in [-0.39, 0.29) is 24.4 Å². The van der Waals surface area contributed by atoms with Crippen LogP contribution in [0.3, 0.4) is 0 Å². The molecule has 0 amide bonds. The summed E-state index contributed by atoms with van der Waals surface area (Å²) in [5, 5.41) is 3.20. The average Bonchev–Trinajstić information content (AvgIpc) is 3.55. The zero-order valence-electron chi connectivity index (χ0n) is 25.3. The fourth-order valence-electron chi connectivity index (χ4n) is 5.51. The van der Waals surface area contributed by atoms with Gasteiger partial charge in [-0.2, -0.15) is 0 Å². The molecule has 5 rings (SSSR count). The monoisotopic (exact) mass is 651 g/mol. The Kier molecular flexibility index (Phi) is 10.7. The number of carbonyl (C=O) groups excluding carboxylic acids is 2. The van der Waals surface area contributed by atoms with Crippen LogP contribution in [0.25, 0.3) is 5.69 Å². The van der Waals surface area contributed by atoms with E-state index >= 15 is 8.78 Å². The summed E-state index contributed by atoms with van der Waals surface area (Å²) in [5.74, 6) is -6.64. The molecule has 0 bridgehead atoms. The number of nitrogens with zero attached hydrogens (tertiary/aromatic N) is 1. The van der Waals surface area contributed by atoms with Crippen molar-refractivity contribution in [3.63, 3.8) is 0 Å². The van der Waals surface area contributed by atoms with Gasteiger partial charge >= 0.3 is 5.97 Å². The molecular weight excluding hydrogens is 618 g/mol. The number of aromatic nitrogens is 1. The van der Waals surface area contributed by atoms with Gasteiger partial charge in [0, 0.05) is 24.3 Å². The van der Waals surface area contributed by atoms with Crippen LogP contribution in [0.15, 0.2) is 77.6 Å². The highest BCUT2D eigenvalue weighted by Crippen LogP contribution is 2.27. The fraction of sp³-hybridized carbons (Fsp3) is 0.286. The van der Waals surface area contributed by atoms with Crippen LogP contribution >= 0.6 is 0 Å². The van der Waals surface area contributed by atoms with Crippen molar-refractivity contribution in [1.29, 1.82) is 0 Å². The lowest BCUT2D eigenvalue weighted by atomic mass is 10.0. The van der Waals surface area contributed by atoms with Crippen LogP contribution in [0.4, 0.5) is 23.4 Å². The first-order chi connectivity index (χ1) is 22.6. The number of ether oxygens (including phenoxy) is 2. The summed E-state index contributed by atoms with van der Waals surface area (Å²) < 4.78 is 69.9. The van der Waals surface area contributed by atoms with Gasteiger partial charge in [-0.15, -0.1) is 0 Å². The van der Waals surface area contributed by atoms with E-state index < -0.39 is 63.3 Å². The molecule has 3 N–H and O–H groups in total. The molecule has 1 saturated carbocycles. The maximum atomic E-state index is 15.3. The maximum Gasteiger partial charge on any atom is 0.323 e. The number of benzene rings is 3. The molecule has 1 aliphatic rings. The largest absolute Gasteiger partial charge is 0.493 e. The van der Waals surface area contributed by atoms with Gasteiger partial charge in [0.05, 0.1) is 17.7 Å². The molecule has 0 aliphatic heterocycles. The predicted molar refractivity (Wildman–Crippen MR) is 167 cm³/mol. The Hall–Kier alpha value is -4.97. The molecule has 0 radical (unpaired) electrons. The van der Waals surface area contributed by atoms with Crippen molar-refractivity contribution in [2.75, 3.05) is 18.9 Å². The predicted octanol–water partition coefficient (Wildman–Crippen LogP) is 5.66. The lowest BCUT2D eigenvalue weighted by Gasteiger charge is -2.20. The van der Waals surface area contributed by atoms with Crippen molar-refractivity contribution in [1.82, 2.24) is 9.88 Å². The van der Waals surface area contributed by atoms with E-state index in [0.29, 0.717) is 30.0 Å². The van der Waals surface area contributed by atoms with Gasteiger partial charge in [0.15, 0.2) is 17.4 Å². The Morgan fingerprint density at radius 1 is 0.894 bits per heavy atom. The standard InChI is InChI=1S/C35H33F4N3O5/c36-22-11-12-25(27(37)18-22)33(44)26-13-14-31(43)42(34(26)40)32-28(38)19-24(20-29(32)39)46-16-6-15-41-30(17-21-7-2-1-3-8-21)35(45)47-23-9-4-5-10-23/h1-3,7-8,11-14,18-20,23,30,41H,4-6,9-10,15-17,40H2/t30-/m0/s1. The third kappa shape index (κ3) is 8.07. The number of nitrogens with one attached hydrogen (secondary N) is 1. The lowest BCUT2D eigenvalue weighted by Crippen LogP contribution is -2.41. The molecule has 0 spiro atoms. The first kappa shape index (κ1) is 33.4. The summed E-state index contributed by atoms with van der Waals surface area (Å²) in [5.41, 5.74) is 4.20. The van der Waals surface area contributed by atoms with Crippen LogP contribution in [0, 0.1) is 23.3 Å². The van der Waals surface area contributed by atoms with E-state index in [2.05, 4.69) is 5.32 Å². The quantitative estimate of drug-likeness (QED) is 0.0830. The smallest absolute Gasteiger partial charge is 0.323 e. The molecule has 0 unspecified atom stereocenters. The highest BCUT2D eigenvalue weighted by atomic mass is 19.1. The number of hydrogen-bond acceptors (Lipinski definition) is 7. The maximum absolute atomic E-state index is 15.3. The van der Waals surface area contributed by atoms with Gasteiger partial charge < -0.3 is 20.5 Å². The number of nitrogen functional groups attached to an aromatic ring is 1. The molecule has 246 valence electrons. The summed E-state index contributed by atoms with van der Waals surface area (Å²) in [4.78, 5) is 38.5. The molecule has 3 aromatic carbocycles. The van der Waals surface area contributed by atoms with Crippen LogP contribution in [0.2, 0.25) is 0 Å². The number of nitrogens with two attached hydrogens (primary N) is 1. The van der Waals surface area contributed by atoms with Gasteiger partial charge in [0.2, 0.25) is 0 Å². The van der Waals surface area contributed by atoms with Crippen LogP contribution in [-0.4, -0.2) is 41.6 Å². The molecule has 1 atom stereocenters. The SMILES string of the molecule is Nc1c(C(=O)c2ccc(F)cc2F)ccc(=O)n1-c1c(F)cc(OCCCN[C@@H](Cc2ccccc2)C(=O)OC2CCCC2)cc1F. The molecule has 1 heterocycles. The summed E-state index contributed by atoms with van der Waals surface area (Å²) in [6.07, 6.45) is 4.50. The second-order valence-corrected chi connectivity index (χ2v) is 11.2. The minimum atomic E-state index is -1.21. The number of pyridine rings is 1. The number of esters is 1. The molecule has 12 heteroatoms. The molecule has 0 saturated heterocycles. The number of halogens is 4. The molecule has 4 aromatic rings. The van der Waals surface area contributed by atoms with Crippen LogP contribution < -0.4 is 21.3 Å². The van der Waals surface area contributed by atoms with Crippen molar-refractivity contribution in [3.8, 4) is 11.4 Å². The fourth-order valence-corrected chi connectivity index (χ4v) is 5.51. The van der Waals surface area contributed by atoms with E-state index in [1.165, 1.54) is 0 Å². The van der Waals surface area contributed by atoms with Gasteiger partial charge in [-0.1, -0.05) is 30.3 Å². The Morgan fingerprint density at radius 3 is 2.26 bits per heavy atom. The van der Waals surface area contributed by atoms with E-state index in [1.54, 1.807) is 0 Å². The zero-order chi connectivity index (χ0) is 33.5. The van der Waals surface area contributed by atoms with E-state index in [9.17, 15) is 23.2 Å². The van der Waals surface area contributed by atoms with Crippen LogP contribution in [-0.2, 0) is 16.0 Å². The van der Waals surface area contributed by atoms with Crippen molar-refractivity contribution >= 4 is 17.6 Å². The molecular formula is C35H33F4N3O5. The zero-order valence-corrected chi connectivity index (χ0v) is 25.3. The highest BCUT2D eigenvalue weighted by molar-refractivity contribution is 6.11. The molecule has 47 heavy (non-hydrogen) atoms. The van der Waals surface area contributed by atoms with Crippen molar-refractivity contribution in [2.24, 2.45) is 0 Å². The van der Waals surface area contributed by atoms with E-state index in [1.807, 2.05) is 30.3 Å². The molecule has 1 fully saturated rings. The number of ketones is 1. The Labute approximate surface area is 268 Å². The second kappa shape index (κ2) is 15.1. The Bertz CT molecular complexity index is 1790. The molecule has 8 nitrogen and oxygen atoms in total. The van der Waals surface area contributed by atoms with Crippen LogP contribution in [0.1, 0.15) is 53.6 Å². The summed E-state index contributed by atoms with van der Waals surface area (Å²) >= 11 is 0. The summed E-state index contributed by atoms with van der Waals surface area (Å²) in [6, 6.07) is 14.8. The summed E-state index contributed by atoms with van der Waals surface area (Å²) in [6.45, 7) is 0.387. The minimum Gasteiger partial charge on any atom is -0.493 e. The Morgan fingerprint density at radius 2 is 1.57 bits per heavy atom. The van der Waals surface area contributed by atoms with Gasteiger partial charge in [0.25, 0.3) is 5.56 Å². The van der Waals surface area contributed by atoms with Gasteiger partial charge in [-0.3, -0.25) is 19.0 Å². The van der Waals surface area contributed by atoms with Crippen molar-refractivity contribution in [2.45, 2.75) is 50.7 Å². The number of anilines is 1. The third-order valence-electron chi connectivity index (χ3n) is 7.90. The molecule has 1 aliphatic carbocycles. The number of carbonyl (C=O) groups is 2. The average molecular weight is 652 g/mol. The van der Waals surface area contributed by atoms with Crippen LogP contribution in [0.5, 0.6) is 5.75 Å². The minimum absolute atomic E-state index is 0.0380. The topological polar surface area (TPSA) is 113 Å². The highest BCUT2D eigenvalue weighted by Gasteiger charge is 2.26. The van der Waals surface area contributed by atoms with Crippen molar-refractivity contribution < 1.29 is 36.6 Å². The van der Waals surface area contributed by atoms with Crippen molar-refractivity contribution in [3.05, 3.63) is 123 Å². The number of rotatable bonds is 13. The van der Waals surface area contributed by atoms with Gasteiger partial charge in [-0.25, -0.2) is 17.6 Å². The lowest BCUT2D eigenvalue weighted by molar-refractivity contribution is -0.151. The van der Waals surface area contributed by atoms with Gasteiger partial charge in [-0.05, 0) is 68.8 Å². The van der Waals surface area contributed by atoms with E-state index in [0.717, 1.165) is 67.6 Å². The first-order valence-corrected chi connectivity index (χ1v) is 15.2. The van der Waals surface area contributed by atoms with E-state index in [4.69, 9.17) is 15.2 Å². The normalized spacial score (nSPS) is 13.8. The first-order valence-electron chi connectivity index (χ1n) is 15.2. The third-order valence-corrected chi connectivity index (χ3v) is 7.90. The summed E-state index contributed by atoms with van der Waals surface area (Å²) in [7, 11) is 0. The molecule has 1 aromatic heterocycles. The number of hydrogen-bond donors (Lipinski definition) is 2.